The summed E-state index contributed by atoms with van der Waals surface area (Å²) in [6.07, 6.45) is -1.49. The van der Waals surface area contributed by atoms with Crippen molar-refractivity contribution in [2.45, 2.75) is 39.1 Å². The first kappa shape index (κ1) is 20.4. The highest BCUT2D eigenvalue weighted by atomic mass is 19.1. The summed E-state index contributed by atoms with van der Waals surface area (Å²) in [6, 6.07) is 12.4. The van der Waals surface area contributed by atoms with Crippen molar-refractivity contribution in [2.75, 3.05) is 5.32 Å². The van der Waals surface area contributed by atoms with E-state index in [0.29, 0.717) is 5.69 Å². The van der Waals surface area contributed by atoms with Crippen molar-refractivity contribution in [3.8, 4) is 0 Å². The van der Waals surface area contributed by atoms with Gasteiger partial charge in [0.05, 0.1) is 6.10 Å². The molecule has 27 heavy (non-hydrogen) atoms. The molecule has 0 bridgehead atoms. The fourth-order valence-electron chi connectivity index (χ4n) is 2.34. The molecule has 7 heteroatoms. The Morgan fingerprint density at radius 1 is 1.04 bits per heavy atom. The van der Waals surface area contributed by atoms with Crippen LogP contribution >= 0.6 is 0 Å². The molecule has 0 heterocycles. The minimum atomic E-state index is -1.01. The van der Waals surface area contributed by atoms with Crippen LogP contribution in [0.4, 0.5) is 14.9 Å². The van der Waals surface area contributed by atoms with Crippen LogP contribution in [0.3, 0.4) is 0 Å². The smallest absolute Gasteiger partial charge is 0.411 e. The third-order valence-corrected chi connectivity index (χ3v) is 3.62. The minimum absolute atomic E-state index is 0.0537. The molecule has 0 spiro atoms. The van der Waals surface area contributed by atoms with Crippen LogP contribution in [0.15, 0.2) is 48.5 Å². The third-order valence-electron chi connectivity index (χ3n) is 3.62. The topological polar surface area (TPSA) is 84.9 Å². The van der Waals surface area contributed by atoms with E-state index in [2.05, 4.69) is 5.32 Å². The molecule has 0 aliphatic heterocycles. The monoisotopic (exact) mass is 375 g/mol. The SMILES string of the molecule is CC(C)OC(Cc1ccc(COC(=O)Nc2ccc(F)cc2)cc1)C(=O)O. The fourth-order valence-corrected chi connectivity index (χ4v) is 2.34. The third kappa shape index (κ3) is 7.07. The molecule has 1 amide bonds. The Labute approximate surface area is 156 Å². The van der Waals surface area contributed by atoms with Crippen molar-refractivity contribution in [1.29, 1.82) is 0 Å². The van der Waals surface area contributed by atoms with Gasteiger partial charge >= 0.3 is 12.1 Å². The molecule has 0 aliphatic rings. The molecule has 2 N–H and O–H groups in total. The lowest BCUT2D eigenvalue weighted by Crippen LogP contribution is -2.29. The van der Waals surface area contributed by atoms with Crippen molar-refractivity contribution in [3.63, 3.8) is 0 Å². The number of carbonyl (C=O) groups excluding carboxylic acids is 1. The molecular weight excluding hydrogens is 353 g/mol. The number of carboxylic acid groups (broad SMARTS) is 1. The van der Waals surface area contributed by atoms with Crippen LogP contribution in [-0.4, -0.2) is 29.4 Å². The molecule has 1 atom stereocenters. The van der Waals surface area contributed by atoms with Crippen molar-refractivity contribution < 1.29 is 28.6 Å². The van der Waals surface area contributed by atoms with Crippen LogP contribution in [-0.2, 0) is 27.3 Å². The Kier molecular flexibility index (Phi) is 7.31. The van der Waals surface area contributed by atoms with Gasteiger partial charge in [-0.1, -0.05) is 24.3 Å². The zero-order valence-corrected chi connectivity index (χ0v) is 15.1. The number of anilines is 1. The van der Waals surface area contributed by atoms with E-state index < -0.39 is 24.0 Å². The summed E-state index contributed by atoms with van der Waals surface area (Å²) in [5.74, 6) is -1.40. The molecule has 0 saturated carbocycles. The van der Waals surface area contributed by atoms with Gasteiger partial charge in [0, 0.05) is 12.1 Å². The number of aliphatic carboxylic acids is 1. The maximum atomic E-state index is 12.8. The Morgan fingerprint density at radius 2 is 1.63 bits per heavy atom. The lowest BCUT2D eigenvalue weighted by Gasteiger charge is -2.16. The first-order valence-electron chi connectivity index (χ1n) is 8.49. The average Bonchev–Trinajstić information content (AvgIpc) is 2.62. The number of nitrogens with one attached hydrogen (secondary N) is 1. The van der Waals surface area contributed by atoms with Crippen LogP contribution in [0.5, 0.6) is 0 Å². The van der Waals surface area contributed by atoms with E-state index in [1.807, 2.05) is 0 Å². The second kappa shape index (κ2) is 9.68. The lowest BCUT2D eigenvalue weighted by atomic mass is 10.1. The predicted octanol–water partition coefficient (Wildman–Crippen LogP) is 4.00. The number of ether oxygens (including phenoxy) is 2. The molecule has 0 aromatic heterocycles. The summed E-state index contributed by atoms with van der Waals surface area (Å²) in [4.78, 5) is 23.0. The maximum Gasteiger partial charge on any atom is 0.411 e. The summed E-state index contributed by atoms with van der Waals surface area (Å²) >= 11 is 0. The molecule has 1 unspecified atom stereocenters. The van der Waals surface area contributed by atoms with Crippen LogP contribution < -0.4 is 5.32 Å². The first-order valence-corrected chi connectivity index (χ1v) is 8.49. The number of carbonyl (C=O) groups is 2. The van der Waals surface area contributed by atoms with E-state index in [9.17, 15) is 19.1 Å². The predicted molar refractivity (Wildman–Crippen MR) is 98.0 cm³/mol. The number of carboxylic acids is 1. The number of hydrogen-bond donors (Lipinski definition) is 2. The van der Waals surface area contributed by atoms with Crippen molar-refractivity contribution in [2.24, 2.45) is 0 Å². The number of amides is 1. The van der Waals surface area contributed by atoms with Crippen molar-refractivity contribution in [1.82, 2.24) is 0 Å². The first-order chi connectivity index (χ1) is 12.8. The van der Waals surface area contributed by atoms with E-state index in [1.54, 1.807) is 38.1 Å². The standard InChI is InChI=1S/C20H22FNO5/c1-13(2)27-18(19(23)24)11-14-3-5-15(6-4-14)12-26-20(25)22-17-9-7-16(21)8-10-17/h3-10,13,18H,11-12H2,1-2H3,(H,22,25)(H,23,24). The van der Waals surface area contributed by atoms with Crippen molar-refractivity contribution in [3.05, 3.63) is 65.5 Å². The van der Waals surface area contributed by atoms with Gasteiger partial charge in [-0.2, -0.15) is 0 Å². The number of halogens is 1. The minimum Gasteiger partial charge on any atom is -0.479 e. The zero-order chi connectivity index (χ0) is 19.8. The normalized spacial score (nSPS) is 11.9. The molecular formula is C20H22FNO5. The second-order valence-electron chi connectivity index (χ2n) is 6.24. The molecule has 0 saturated heterocycles. The molecule has 0 fully saturated rings. The highest BCUT2D eigenvalue weighted by molar-refractivity contribution is 5.84. The van der Waals surface area contributed by atoms with Crippen molar-refractivity contribution >= 4 is 17.7 Å². The Balaban J connectivity index is 1.85. The Hall–Kier alpha value is -2.93. The quantitative estimate of drug-likeness (QED) is 0.729. The van der Waals surface area contributed by atoms with E-state index in [0.717, 1.165) is 11.1 Å². The molecule has 2 aromatic carbocycles. The summed E-state index contributed by atoms with van der Waals surface area (Å²) < 4.78 is 23.3. The number of hydrogen-bond acceptors (Lipinski definition) is 4. The highest BCUT2D eigenvalue weighted by Crippen LogP contribution is 2.13. The van der Waals surface area contributed by atoms with E-state index in [4.69, 9.17) is 9.47 Å². The van der Waals surface area contributed by atoms with Gasteiger partial charge in [-0.3, -0.25) is 5.32 Å². The zero-order valence-electron chi connectivity index (χ0n) is 15.1. The molecule has 144 valence electrons. The lowest BCUT2D eigenvalue weighted by molar-refractivity contribution is -0.153. The number of rotatable bonds is 8. The van der Waals surface area contributed by atoms with Gasteiger partial charge < -0.3 is 14.6 Å². The van der Waals surface area contributed by atoms with Gasteiger partial charge in [-0.05, 0) is 49.2 Å². The molecule has 6 nitrogen and oxygen atoms in total. The Morgan fingerprint density at radius 3 is 2.19 bits per heavy atom. The van der Waals surface area contributed by atoms with Gasteiger partial charge in [0.15, 0.2) is 6.10 Å². The molecule has 0 radical (unpaired) electrons. The number of benzene rings is 2. The maximum absolute atomic E-state index is 12.8. The van der Waals surface area contributed by atoms with Gasteiger partial charge in [0.2, 0.25) is 0 Å². The summed E-state index contributed by atoms with van der Waals surface area (Å²) in [5.41, 5.74) is 1.99. The largest absolute Gasteiger partial charge is 0.479 e. The van der Waals surface area contributed by atoms with Gasteiger partial charge in [0.1, 0.15) is 12.4 Å². The fraction of sp³-hybridized carbons (Fsp3) is 0.300. The summed E-state index contributed by atoms with van der Waals surface area (Å²) in [7, 11) is 0. The van der Waals surface area contributed by atoms with E-state index >= 15 is 0 Å². The molecule has 0 aliphatic carbocycles. The summed E-state index contributed by atoms with van der Waals surface area (Å²) in [6.45, 7) is 3.62. The second-order valence-corrected chi connectivity index (χ2v) is 6.24. The van der Waals surface area contributed by atoms with E-state index in [1.165, 1.54) is 24.3 Å². The summed E-state index contributed by atoms with van der Waals surface area (Å²) in [5, 5.41) is 11.7. The van der Waals surface area contributed by atoms with Gasteiger partial charge in [-0.15, -0.1) is 0 Å². The molecule has 2 rings (SSSR count). The highest BCUT2D eigenvalue weighted by Gasteiger charge is 2.20. The van der Waals surface area contributed by atoms with E-state index in [-0.39, 0.29) is 19.1 Å². The van der Waals surface area contributed by atoms with Crippen LogP contribution in [0, 0.1) is 5.82 Å². The van der Waals surface area contributed by atoms with Crippen LogP contribution in [0.2, 0.25) is 0 Å². The van der Waals surface area contributed by atoms with Gasteiger partial charge in [0.25, 0.3) is 0 Å². The van der Waals surface area contributed by atoms with Crippen LogP contribution in [0.1, 0.15) is 25.0 Å². The molecule has 2 aromatic rings. The van der Waals surface area contributed by atoms with Gasteiger partial charge in [-0.25, -0.2) is 14.0 Å². The Bertz CT molecular complexity index is 759. The average molecular weight is 375 g/mol. The van der Waals surface area contributed by atoms with Crippen LogP contribution in [0.25, 0.3) is 0 Å².